The summed E-state index contributed by atoms with van der Waals surface area (Å²) in [6.07, 6.45) is -1.74. The largest absolute Gasteiger partial charge is 0.433 e. The van der Waals surface area contributed by atoms with E-state index < -0.39 is 17.8 Å². The summed E-state index contributed by atoms with van der Waals surface area (Å²) in [6.45, 7) is 0.260. The van der Waals surface area contributed by atoms with E-state index >= 15 is 0 Å². The lowest BCUT2D eigenvalue weighted by atomic mass is 10.2. The number of hydrogen-bond donors (Lipinski definition) is 1. The highest BCUT2D eigenvalue weighted by Gasteiger charge is 2.35. The van der Waals surface area contributed by atoms with E-state index in [-0.39, 0.29) is 12.2 Å². The summed E-state index contributed by atoms with van der Waals surface area (Å²) in [5.41, 5.74) is -0.424. The standard InChI is InChI=1S/C16H12Cl2F3N5O/c1-25-14(16(19,20)21)5-13(24-25)15(27)23-9-6-22-26(7-9)8-10-11(17)3-2-4-12(10)18/h2-7H,8H2,1H3,(H,23,27). The molecule has 6 nitrogen and oxygen atoms in total. The van der Waals surface area contributed by atoms with Crippen molar-refractivity contribution in [3.8, 4) is 0 Å². The number of halogens is 5. The van der Waals surface area contributed by atoms with Gasteiger partial charge in [0.15, 0.2) is 5.69 Å². The molecule has 0 saturated carbocycles. The van der Waals surface area contributed by atoms with Crippen LogP contribution in [0.4, 0.5) is 18.9 Å². The average molecular weight is 418 g/mol. The highest BCUT2D eigenvalue weighted by molar-refractivity contribution is 6.35. The van der Waals surface area contributed by atoms with E-state index in [4.69, 9.17) is 23.2 Å². The minimum Gasteiger partial charge on any atom is -0.318 e. The van der Waals surface area contributed by atoms with Gasteiger partial charge in [0.1, 0.15) is 5.69 Å². The molecule has 1 amide bonds. The fraction of sp³-hybridized carbons (Fsp3) is 0.188. The highest BCUT2D eigenvalue weighted by atomic mass is 35.5. The van der Waals surface area contributed by atoms with Gasteiger partial charge < -0.3 is 5.32 Å². The zero-order valence-corrected chi connectivity index (χ0v) is 15.3. The summed E-state index contributed by atoms with van der Waals surface area (Å²) in [7, 11) is 1.12. The molecule has 11 heteroatoms. The Morgan fingerprint density at radius 3 is 2.52 bits per heavy atom. The third kappa shape index (κ3) is 4.25. The third-order valence-electron chi connectivity index (χ3n) is 3.68. The number of anilines is 1. The van der Waals surface area contributed by atoms with Gasteiger partial charge in [-0.15, -0.1) is 0 Å². The van der Waals surface area contributed by atoms with Crippen LogP contribution in [0.1, 0.15) is 21.7 Å². The maximum atomic E-state index is 12.8. The van der Waals surface area contributed by atoms with Crippen molar-refractivity contribution in [2.45, 2.75) is 12.7 Å². The first-order chi connectivity index (χ1) is 12.6. The van der Waals surface area contributed by atoms with E-state index in [2.05, 4.69) is 15.5 Å². The van der Waals surface area contributed by atoms with Gasteiger partial charge in [-0.2, -0.15) is 23.4 Å². The molecule has 0 aliphatic heterocycles. The molecule has 0 radical (unpaired) electrons. The van der Waals surface area contributed by atoms with Crippen molar-refractivity contribution in [2.75, 3.05) is 5.32 Å². The van der Waals surface area contributed by atoms with E-state index in [1.54, 1.807) is 18.2 Å². The fourth-order valence-corrected chi connectivity index (χ4v) is 2.92. The molecule has 1 aromatic carbocycles. The van der Waals surface area contributed by atoms with Crippen molar-refractivity contribution in [1.29, 1.82) is 0 Å². The zero-order valence-electron chi connectivity index (χ0n) is 13.8. The van der Waals surface area contributed by atoms with Gasteiger partial charge in [-0.3, -0.25) is 14.2 Å². The second kappa shape index (κ2) is 7.24. The van der Waals surface area contributed by atoms with Gasteiger partial charge in [-0.05, 0) is 12.1 Å². The summed E-state index contributed by atoms with van der Waals surface area (Å²) >= 11 is 12.2. The van der Waals surface area contributed by atoms with E-state index in [9.17, 15) is 18.0 Å². The van der Waals surface area contributed by atoms with Crippen LogP contribution in [0.5, 0.6) is 0 Å². The van der Waals surface area contributed by atoms with E-state index in [1.165, 1.54) is 17.1 Å². The Kier molecular flexibility index (Phi) is 5.16. The Balaban J connectivity index is 1.73. The molecule has 27 heavy (non-hydrogen) atoms. The second-order valence-corrected chi connectivity index (χ2v) is 6.43. The monoisotopic (exact) mass is 417 g/mol. The number of nitrogens with zero attached hydrogens (tertiary/aromatic N) is 4. The highest BCUT2D eigenvalue weighted by Crippen LogP contribution is 2.29. The van der Waals surface area contributed by atoms with Gasteiger partial charge in [-0.25, -0.2) is 0 Å². The maximum absolute atomic E-state index is 12.8. The average Bonchev–Trinajstić information content (AvgIpc) is 3.17. The number of aryl methyl sites for hydroxylation is 1. The molecule has 0 aliphatic carbocycles. The molecule has 142 valence electrons. The molecule has 2 aromatic heterocycles. The lowest BCUT2D eigenvalue weighted by molar-refractivity contribution is -0.143. The van der Waals surface area contributed by atoms with Gasteiger partial charge in [0, 0.05) is 34.9 Å². The van der Waals surface area contributed by atoms with Crippen LogP contribution in [0.3, 0.4) is 0 Å². The van der Waals surface area contributed by atoms with Gasteiger partial charge >= 0.3 is 6.18 Å². The molecule has 0 aliphatic rings. The quantitative estimate of drug-likeness (QED) is 0.690. The SMILES string of the molecule is Cn1nc(C(=O)Nc2cnn(Cc3c(Cl)cccc3Cl)c2)cc1C(F)(F)F. The molecule has 3 aromatic rings. The molecule has 3 rings (SSSR count). The van der Waals surface area contributed by atoms with Crippen LogP contribution in [-0.2, 0) is 19.8 Å². The van der Waals surface area contributed by atoms with Crippen molar-refractivity contribution >= 4 is 34.8 Å². The first-order valence-electron chi connectivity index (χ1n) is 7.53. The minimum absolute atomic E-state index is 0.260. The van der Waals surface area contributed by atoms with Crippen LogP contribution < -0.4 is 5.32 Å². The van der Waals surface area contributed by atoms with Crippen LogP contribution >= 0.6 is 23.2 Å². The van der Waals surface area contributed by atoms with E-state index in [0.717, 1.165) is 7.05 Å². The molecule has 1 N–H and O–H groups in total. The molecule has 0 fully saturated rings. The van der Waals surface area contributed by atoms with Gasteiger partial charge in [0.2, 0.25) is 0 Å². The summed E-state index contributed by atoms with van der Waals surface area (Å²) in [5.74, 6) is -0.781. The Morgan fingerprint density at radius 1 is 1.26 bits per heavy atom. The van der Waals surface area contributed by atoms with Crippen molar-refractivity contribution in [1.82, 2.24) is 19.6 Å². The first kappa shape index (κ1) is 19.2. The molecule has 0 saturated heterocycles. The van der Waals surface area contributed by atoms with E-state index in [0.29, 0.717) is 32.0 Å². The first-order valence-corrected chi connectivity index (χ1v) is 8.28. The molecule has 0 unspecified atom stereocenters. The van der Waals surface area contributed by atoms with Crippen molar-refractivity contribution in [3.63, 3.8) is 0 Å². The van der Waals surface area contributed by atoms with Gasteiger partial charge in [0.25, 0.3) is 5.91 Å². The summed E-state index contributed by atoms with van der Waals surface area (Å²) < 4.78 is 40.5. The molecule has 0 spiro atoms. The zero-order chi connectivity index (χ0) is 19.8. The lowest BCUT2D eigenvalue weighted by Crippen LogP contribution is -2.12. The molecule has 0 atom stereocenters. The van der Waals surface area contributed by atoms with Crippen molar-refractivity contribution in [2.24, 2.45) is 7.05 Å². The second-order valence-electron chi connectivity index (χ2n) is 5.62. The Labute approximate surface area is 161 Å². The number of carbonyl (C=O) groups excluding carboxylic acids is 1. The smallest absolute Gasteiger partial charge is 0.318 e. The third-order valence-corrected chi connectivity index (χ3v) is 4.38. The van der Waals surface area contributed by atoms with Crippen LogP contribution in [0.15, 0.2) is 36.7 Å². The van der Waals surface area contributed by atoms with Crippen LogP contribution in [0.2, 0.25) is 10.0 Å². The predicted octanol–water partition coefficient (Wildman–Crippen LogP) is 4.24. The predicted molar refractivity (Wildman–Crippen MR) is 94.0 cm³/mol. The summed E-state index contributed by atoms with van der Waals surface area (Å²) in [5, 5.41) is 11.1. The summed E-state index contributed by atoms with van der Waals surface area (Å²) in [6, 6.07) is 5.77. The fourth-order valence-electron chi connectivity index (χ4n) is 2.40. The maximum Gasteiger partial charge on any atom is 0.433 e. The van der Waals surface area contributed by atoms with E-state index in [1.807, 2.05) is 0 Å². The number of nitrogens with one attached hydrogen (secondary N) is 1. The number of carbonyl (C=O) groups is 1. The normalized spacial score (nSPS) is 11.6. The molecule has 0 bridgehead atoms. The Hall–Kier alpha value is -2.52. The number of amides is 1. The Bertz CT molecular complexity index is 976. The number of hydrogen-bond acceptors (Lipinski definition) is 3. The number of rotatable bonds is 4. The summed E-state index contributed by atoms with van der Waals surface area (Å²) in [4.78, 5) is 12.1. The van der Waals surface area contributed by atoms with Crippen molar-refractivity contribution in [3.05, 3.63) is 63.7 Å². The van der Waals surface area contributed by atoms with Crippen LogP contribution in [-0.4, -0.2) is 25.5 Å². The topological polar surface area (TPSA) is 64.7 Å². The molecular weight excluding hydrogens is 406 g/mol. The Morgan fingerprint density at radius 2 is 1.93 bits per heavy atom. The molecular formula is C16H12Cl2F3N5O. The van der Waals surface area contributed by atoms with Crippen LogP contribution in [0, 0.1) is 0 Å². The lowest BCUT2D eigenvalue weighted by Gasteiger charge is -2.06. The number of aromatic nitrogens is 4. The number of benzene rings is 1. The minimum atomic E-state index is -4.60. The van der Waals surface area contributed by atoms with Crippen LogP contribution in [0.25, 0.3) is 0 Å². The molecule has 2 heterocycles. The van der Waals surface area contributed by atoms with Gasteiger partial charge in [0.05, 0.1) is 18.4 Å². The van der Waals surface area contributed by atoms with Crippen molar-refractivity contribution < 1.29 is 18.0 Å². The number of alkyl halides is 3. The van der Waals surface area contributed by atoms with Gasteiger partial charge in [-0.1, -0.05) is 29.3 Å².